The Balaban J connectivity index is 0.000000524. The Morgan fingerprint density at radius 2 is 1.72 bits per heavy atom. The zero-order valence-electron chi connectivity index (χ0n) is 23.6. The van der Waals surface area contributed by atoms with Gasteiger partial charge in [-0.2, -0.15) is 17.0 Å². The third kappa shape index (κ3) is 13.0. The third-order valence-corrected chi connectivity index (χ3v) is 6.66. The number of rotatable bonds is 9. The molecule has 1 aliphatic carbocycles. The summed E-state index contributed by atoms with van der Waals surface area (Å²) < 4.78 is 43.7. The van der Waals surface area contributed by atoms with Crippen LogP contribution in [-0.4, -0.2) is 56.2 Å². The molecule has 0 aromatic heterocycles. The molecule has 1 aliphatic rings. The van der Waals surface area contributed by atoms with Gasteiger partial charge in [-0.15, -0.1) is 0 Å². The summed E-state index contributed by atoms with van der Waals surface area (Å²) in [6.45, 7) is 3.44. The van der Waals surface area contributed by atoms with Crippen molar-refractivity contribution >= 4 is 35.3 Å². The van der Waals surface area contributed by atoms with Crippen LogP contribution in [0.5, 0.6) is 0 Å². The second kappa shape index (κ2) is 18.9. The molecular formula is C29H41F3N4OS2. The Morgan fingerprint density at radius 1 is 1.10 bits per heavy atom. The molecule has 0 unspecified atom stereocenters. The molecule has 2 aromatic carbocycles. The van der Waals surface area contributed by atoms with Crippen LogP contribution in [0.15, 0.2) is 41.3 Å². The van der Waals surface area contributed by atoms with E-state index in [1.54, 1.807) is 23.9 Å². The summed E-state index contributed by atoms with van der Waals surface area (Å²) in [7, 11) is 3.91. The molecule has 3 rings (SSSR count). The zero-order valence-corrected chi connectivity index (χ0v) is 25.2. The first-order valence-corrected chi connectivity index (χ1v) is 15.5. The molecule has 0 saturated heterocycles. The molecule has 0 bridgehead atoms. The van der Waals surface area contributed by atoms with E-state index in [1.807, 2.05) is 44.5 Å². The Kier molecular flexibility index (Phi) is 16.8. The summed E-state index contributed by atoms with van der Waals surface area (Å²) in [5.41, 5.74) is -0.364. The van der Waals surface area contributed by atoms with Gasteiger partial charge in [0.25, 0.3) is 5.91 Å². The topological polar surface area (TPSA) is 68.2 Å². The van der Waals surface area contributed by atoms with E-state index in [-0.39, 0.29) is 29.9 Å². The molecule has 0 spiro atoms. The van der Waals surface area contributed by atoms with Crippen molar-refractivity contribution in [2.24, 2.45) is 0 Å². The second-order valence-electron chi connectivity index (χ2n) is 9.47. The van der Waals surface area contributed by atoms with Crippen LogP contribution < -0.4 is 10.0 Å². The van der Waals surface area contributed by atoms with Crippen LogP contribution in [0, 0.1) is 23.0 Å². The summed E-state index contributed by atoms with van der Waals surface area (Å²) in [5, 5.41) is 12.3. The first kappa shape index (κ1) is 34.7. The Hall–Kier alpha value is -2.35. The van der Waals surface area contributed by atoms with E-state index in [0.717, 1.165) is 37.8 Å². The SMILES string of the molecule is CCc1ccc(F)cc1.CN(C)CCCNc1c(F)cc(SNC(=O)C2(F)CCCCC2)cc1C#N.CSC. The van der Waals surface area contributed by atoms with E-state index in [9.17, 15) is 23.2 Å². The second-order valence-corrected chi connectivity index (χ2v) is 11.2. The maximum Gasteiger partial charge on any atom is 0.267 e. The molecule has 39 heavy (non-hydrogen) atoms. The molecule has 0 atom stereocenters. The lowest BCUT2D eigenvalue weighted by atomic mass is 9.86. The minimum absolute atomic E-state index is 0.154. The highest BCUT2D eigenvalue weighted by Crippen LogP contribution is 2.33. The van der Waals surface area contributed by atoms with Gasteiger partial charge in [0.2, 0.25) is 0 Å². The number of anilines is 1. The third-order valence-electron chi connectivity index (χ3n) is 5.90. The fourth-order valence-electron chi connectivity index (χ4n) is 3.77. The van der Waals surface area contributed by atoms with Gasteiger partial charge in [-0.25, -0.2) is 13.2 Å². The fraction of sp³-hybridized carbons (Fsp3) is 0.517. The maximum atomic E-state index is 14.6. The van der Waals surface area contributed by atoms with Gasteiger partial charge in [0.1, 0.15) is 17.7 Å². The predicted octanol–water partition coefficient (Wildman–Crippen LogP) is 7.22. The van der Waals surface area contributed by atoms with Gasteiger partial charge < -0.3 is 10.2 Å². The summed E-state index contributed by atoms with van der Waals surface area (Å²) in [6, 6.07) is 11.3. The van der Waals surface area contributed by atoms with E-state index < -0.39 is 17.4 Å². The van der Waals surface area contributed by atoms with Crippen LogP contribution in [-0.2, 0) is 11.2 Å². The largest absolute Gasteiger partial charge is 0.382 e. The summed E-state index contributed by atoms with van der Waals surface area (Å²) >= 11 is 2.59. The zero-order chi connectivity index (χ0) is 29.3. The van der Waals surface area contributed by atoms with Crippen molar-refractivity contribution in [2.45, 2.75) is 62.4 Å². The molecule has 1 amide bonds. The number of halogens is 3. The molecule has 1 fully saturated rings. The van der Waals surface area contributed by atoms with Crippen molar-refractivity contribution in [1.82, 2.24) is 9.62 Å². The lowest BCUT2D eigenvalue weighted by molar-refractivity contribution is -0.132. The minimum atomic E-state index is -1.85. The lowest BCUT2D eigenvalue weighted by Gasteiger charge is -2.27. The molecule has 0 heterocycles. The van der Waals surface area contributed by atoms with Gasteiger partial charge in [-0.1, -0.05) is 25.5 Å². The van der Waals surface area contributed by atoms with Crippen LogP contribution in [0.2, 0.25) is 0 Å². The predicted molar refractivity (Wildman–Crippen MR) is 159 cm³/mol. The highest BCUT2D eigenvalue weighted by molar-refractivity contribution is 7.98. The number of hydrogen-bond acceptors (Lipinski definition) is 6. The lowest BCUT2D eigenvalue weighted by Crippen LogP contribution is -2.42. The Morgan fingerprint density at radius 3 is 2.26 bits per heavy atom. The highest BCUT2D eigenvalue weighted by atomic mass is 32.2. The van der Waals surface area contributed by atoms with Crippen LogP contribution >= 0.6 is 23.7 Å². The van der Waals surface area contributed by atoms with Crippen molar-refractivity contribution in [3.8, 4) is 6.07 Å². The van der Waals surface area contributed by atoms with Gasteiger partial charge in [-0.3, -0.25) is 9.52 Å². The number of aryl methyl sites for hydroxylation is 1. The van der Waals surface area contributed by atoms with Gasteiger partial charge in [0.15, 0.2) is 5.67 Å². The van der Waals surface area contributed by atoms with Gasteiger partial charge in [0, 0.05) is 11.4 Å². The number of carbonyl (C=O) groups is 1. The Labute approximate surface area is 240 Å². The molecule has 2 N–H and O–H groups in total. The number of benzene rings is 2. The molecule has 5 nitrogen and oxygen atoms in total. The van der Waals surface area contributed by atoms with Crippen LogP contribution in [0.3, 0.4) is 0 Å². The number of nitriles is 1. The van der Waals surface area contributed by atoms with E-state index in [1.165, 1.54) is 29.8 Å². The minimum Gasteiger partial charge on any atom is -0.382 e. The van der Waals surface area contributed by atoms with Crippen molar-refractivity contribution < 1.29 is 18.0 Å². The molecular weight excluding hydrogens is 541 g/mol. The van der Waals surface area contributed by atoms with Crippen molar-refractivity contribution in [3.63, 3.8) is 0 Å². The average Bonchev–Trinajstić information content (AvgIpc) is 2.91. The van der Waals surface area contributed by atoms with Crippen molar-refractivity contribution in [1.29, 1.82) is 5.26 Å². The standard InChI is InChI=1S/C19H26F2N4OS.C8H9F.C2H6S/c1-25(2)10-6-9-23-17-14(13-22)11-15(12-16(17)20)27-24-18(26)19(21)7-4-3-5-8-19;1-2-7-3-5-8(9)6-4-7;1-3-2/h11-12,23H,3-10H2,1-2H3,(H,24,26);3-6H,2H2,1H3;1-2H3. The molecule has 1 saturated carbocycles. The number of thioether (sulfide) groups is 1. The molecule has 2 aromatic rings. The average molecular weight is 583 g/mol. The molecule has 10 heteroatoms. The van der Waals surface area contributed by atoms with E-state index in [0.29, 0.717) is 24.3 Å². The van der Waals surface area contributed by atoms with Crippen LogP contribution in [0.4, 0.5) is 18.9 Å². The molecule has 216 valence electrons. The number of nitrogens with zero attached hydrogens (tertiary/aromatic N) is 2. The van der Waals surface area contributed by atoms with Gasteiger partial charge >= 0.3 is 0 Å². The van der Waals surface area contributed by atoms with Crippen LogP contribution in [0.1, 0.15) is 56.6 Å². The van der Waals surface area contributed by atoms with Gasteiger partial charge in [-0.05, 0) is 113 Å². The number of nitrogens with one attached hydrogen (secondary N) is 2. The van der Waals surface area contributed by atoms with Gasteiger partial charge in [0.05, 0.1) is 11.3 Å². The van der Waals surface area contributed by atoms with Crippen molar-refractivity contribution in [3.05, 3.63) is 59.2 Å². The maximum absolute atomic E-state index is 14.6. The highest BCUT2D eigenvalue weighted by Gasteiger charge is 2.39. The summed E-state index contributed by atoms with van der Waals surface area (Å²) in [5.74, 6) is -1.41. The number of amides is 1. The Bertz CT molecular complexity index is 1040. The van der Waals surface area contributed by atoms with E-state index in [4.69, 9.17) is 0 Å². The first-order valence-electron chi connectivity index (χ1n) is 13.0. The van der Waals surface area contributed by atoms with Crippen LogP contribution in [0.25, 0.3) is 0 Å². The number of carbonyl (C=O) groups excluding carboxylic acids is 1. The fourth-order valence-corrected chi connectivity index (χ4v) is 4.51. The number of alkyl halides is 1. The number of hydrogen-bond donors (Lipinski definition) is 2. The normalized spacial score (nSPS) is 13.7. The smallest absolute Gasteiger partial charge is 0.267 e. The molecule has 0 radical (unpaired) electrons. The first-order chi connectivity index (χ1) is 18.6. The monoisotopic (exact) mass is 582 g/mol. The van der Waals surface area contributed by atoms with E-state index in [2.05, 4.69) is 10.0 Å². The summed E-state index contributed by atoms with van der Waals surface area (Å²) in [4.78, 5) is 14.5. The van der Waals surface area contributed by atoms with Crippen molar-refractivity contribution in [2.75, 3.05) is 45.0 Å². The molecule has 0 aliphatic heterocycles. The summed E-state index contributed by atoms with van der Waals surface area (Å²) in [6.07, 6.45) is 8.61. The quantitative estimate of drug-likeness (QED) is 0.240. The van der Waals surface area contributed by atoms with E-state index >= 15 is 0 Å².